The van der Waals surface area contributed by atoms with Crippen molar-refractivity contribution >= 4 is 40.0 Å². The number of fused-ring (bicyclic) bond motifs is 1. The molecule has 1 aliphatic heterocycles. The van der Waals surface area contributed by atoms with Gasteiger partial charge in [0.1, 0.15) is 11.5 Å². The third kappa shape index (κ3) is 5.23. The topological polar surface area (TPSA) is 61.4 Å². The van der Waals surface area contributed by atoms with E-state index >= 15 is 0 Å². The maximum absolute atomic E-state index is 12.6. The fraction of sp³-hybridized carbons (Fsp3) is 0.250. The minimum atomic E-state index is -0.225. The van der Waals surface area contributed by atoms with Gasteiger partial charge in [-0.05, 0) is 67.9 Å². The van der Waals surface area contributed by atoms with Crippen molar-refractivity contribution in [2.75, 3.05) is 29.4 Å². The number of amides is 1. The smallest absolute Gasteiger partial charge is 0.270 e. The quantitative estimate of drug-likeness (QED) is 0.419. The van der Waals surface area contributed by atoms with Crippen LogP contribution in [-0.2, 0) is 6.54 Å². The fourth-order valence-electron chi connectivity index (χ4n) is 4.51. The number of aryl methyl sites for hydroxylation is 1. The lowest BCUT2D eigenvalue weighted by molar-refractivity contribution is 0.0946. The van der Waals surface area contributed by atoms with E-state index in [1.54, 1.807) is 6.07 Å². The number of hydrogen-bond donors (Lipinski definition) is 1. The van der Waals surface area contributed by atoms with E-state index < -0.39 is 0 Å². The van der Waals surface area contributed by atoms with E-state index in [0.29, 0.717) is 28.8 Å². The molecule has 7 heteroatoms. The fourth-order valence-corrected chi connectivity index (χ4v) is 4.72. The second-order valence-corrected chi connectivity index (χ2v) is 9.48. The molecule has 1 aliphatic rings. The number of carbonyl (C=O) groups is 1. The molecule has 3 heterocycles. The summed E-state index contributed by atoms with van der Waals surface area (Å²) >= 11 is 6.02. The van der Waals surface area contributed by atoms with Crippen LogP contribution < -0.4 is 15.1 Å². The lowest BCUT2D eigenvalue weighted by Crippen LogP contribution is -2.52. The molecule has 2 aromatic heterocycles. The number of nitrogens with one attached hydrogen (secondary N) is 1. The molecular weight excluding hydrogens is 458 g/mol. The zero-order valence-corrected chi connectivity index (χ0v) is 20.7. The zero-order chi connectivity index (χ0) is 24.4. The largest absolute Gasteiger partial charge is 0.365 e. The summed E-state index contributed by atoms with van der Waals surface area (Å²) in [5.74, 6) is 0.713. The molecule has 1 amide bonds. The summed E-state index contributed by atoms with van der Waals surface area (Å²) in [7, 11) is 0. The molecular formula is C28H28ClN5O. The van der Waals surface area contributed by atoms with Crippen LogP contribution in [0.25, 0.3) is 11.0 Å². The molecule has 2 aromatic carbocycles. The number of nitrogens with zero attached hydrogens (tertiary/aromatic N) is 4. The summed E-state index contributed by atoms with van der Waals surface area (Å²) in [4.78, 5) is 26.8. The highest BCUT2D eigenvalue weighted by atomic mass is 35.5. The van der Waals surface area contributed by atoms with Crippen molar-refractivity contribution in [3.8, 4) is 0 Å². The van der Waals surface area contributed by atoms with Crippen molar-refractivity contribution in [1.29, 1.82) is 0 Å². The van der Waals surface area contributed by atoms with Gasteiger partial charge in [-0.2, -0.15) is 0 Å². The maximum Gasteiger partial charge on any atom is 0.270 e. The van der Waals surface area contributed by atoms with Crippen LogP contribution in [0.3, 0.4) is 0 Å². The van der Waals surface area contributed by atoms with E-state index in [1.807, 2.05) is 42.5 Å². The van der Waals surface area contributed by atoms with Crippen LogP contribution in [0.1, 0.15) is 28.5 Å². The van der Waals surface area contributed by atoms with Crippen LogP contribution in [0.5, 0.6) is 0 Å². The molecule has 5 rings (SSSR count). The third-order valence-electron chi connectivity index (χ3n) is 6.42. The maximum atomic E-state index is 12.6. The van der Waals surface area contributed by atoms with Crippen LogP contribution in [-0.4, -0.2) is 41.6 Å². The Morgan fingerprint density at radius 3 is 2.54 bits per heavy atom. The molecule has 0 spiro atoms. The number of rotatable bonds is 5. The van der Waals surface area contributed by atoms with Gasteiger partial charge >= 0.3 is 0 Å². The lowest BCUT2D eigenvalue weighted by atomic mass is 10.1. The number of piperazine rings is 1. The van der Waals surface area contributed by atoms with Crippen molar-refractivity contribution in [1.82, 2.24) is 15.3 Å². The van der Waals surface area contributed by atoms with Gasteiger partial charge in [-0.1, -0.05) is 41.4 Å². The normalized spacial score (nSPS) is 15.9. The molecule has 0 saturated carbocycles. The summed E-state index contributed by atoms with van der Waals surface area (Å²) in [6, 6.07) is 24.1. The van der Waals surface area contributed by atoms with Gasteiger partial charge in [-0.25, -0.2) is 9.97 Å². The number of benzene rings is 2. The molecule has 35 heavy (non-hydrogen) atoms. The number of hydrogen-bond acceptors (Lipinski definition) is 5. The van der Waals surface area contributed by atoms with E-state index in [2.05, 4.69) is 58.2 Å². The van der Waals surface area contributed by atoms with Gasteiger partial charge < -0.3 is 15.1 Å². The first-order valence-corrected chi connectivity index (χ1v) is 12.2. The van der Waals surface area contributed by atoms with Crippen LogP contribution in [0, 0.1) is 6.92 Å². The first-order valence-electron chi connectivity index (χ1n) is 11.8. The summed E-state index contributed by atoms with van der Waals surface area (Å²) in [6.07, 6.45) is 0. The Balaban J connectivity index is 1.26. The Morgan fingerprint density at radius 2 is 1.77 bits per heavy atom. The molecule has 0 radical (unpaired) electrons. The van der Waals surface area contributed by atoms with Gasteiger partial charge in [0, 0.05) is 42.9 Å². The highest BCUT2D eigenvalue weighted by molar-refractivity contribution is 6.30. The Hall–Kier alpha value is -3.64. The predicted molar refractivity (Wildman–Crippen MR) is 142 cm³/mol. The first kappa shape index (κ1) is 23.1. The Labute approximate surface area is 210 Å². The standard InChI is InChI=1S/C28H28ClN5O/c1-19-6-8-23(9-7-19)34-15-14-33(18-20(34)2)27-13-12-24-25(32-27)10-11-26(31-24)28(35)30-17-21-4-3-5-22(29)16-21/h3-13,16,20H,14-15,17-18H2,1-2H3,(H,30,35)/t20-/m1/s1. The zero-order valence-electron chi connectivity index (χ0n) is 19.9. The number of halogens is 1. The van der Waals surface area contributed by atoms with Gasteiger partial charge in [0.25, 0.3) is 5.91 Å². The number of aromatic nitrogens is 2. The molecule has 6 nitrogen and oxygen atoms in total. The summed E-state index contributed by atoms with van der Waals surface area (Å²) in [5, 5.41) is 3.55. The second-order valence-electron chi connectivity index (χ2n) is 9.04. The number of pyridine rings is 2. The predicted octanol–water partition coefficient (Wildman–Crippen LogP) is 5.24. The average molecular weight is 486 g/mol. The van der Waals surface area contributed by atoms with Crippen LogP contribution in [0.15, 0.2) is 72.8 Å². The number of anilines is 2. The molecule has 1 N–H and O–H groups in total. The van der Waals surface area contributed by atoms with Crippen LogP contribution in [0.2, 0.25) is 5.02 Å². The third-order valence-corrected chi connectivity index (χ3v) is 6.65. The molecule has 178 valence electrons. The van der Waals surface area contributed by atoms with Crippen LogP contribution in [0.4, 0.5) is 11.5 Å². The minimum Gasteiger partial charge on any atom is -0.365 e. The SMILES string of the molecule is Cc1ccc(N2CCN(c3ccc4nc(C(=O)NCc5cccc(Cl)c5)ccc4n3)C[C@H]2C)cc1. The first-order chi connectivity index (χ1) is 17.0. The van der Waals surface area contributed by atoms with Crippen molar-refractivity contribution in [3.05, 3.63) is 94.6 Å². The average Bonchev–Trinajstić information content (AvgIpc) is 2.87. The molecule has 0 aliphatic carbocycles. The molecule has 0 bridgehead atoms. The van der Waals surface area contributed by atoms with E-state index in [1.165, 1.54) is 11.3 Å². The molecule has 4 aromatic rings. The summed E-state index contributed by atoms with van der Waals surface area (Å²) in [6.45, 7) is 7.49. The molecule has 1 fully saturated rings. The van der Waals surface area contributed by atoms with Crippen LogP contribution >= 0.6 is 11.6 Å². The highest BCUT2D eigenvalue weighted by Crippen LogP contribution is 2.25. The van der Waals surface area contributed by atoms with Gasteiger partial charge in [0.05, 0.1) is 11.0 Å². The van der Waals surface area contributed by atoms with E-state index in [-0.39, 0.29) is 5.91 Å². The van der Waals surface area contributed by atoms with Gasteiger partial charge in [-0.3, -0.25) is 4.79 Å². The van der Waals surface area contributed by atoms with Gasteiger partial charge in [0.2, 0.25) is 0 Å². The minimum absolute atomic E-state index is 0.225. The molecule has 0 unspecified atom stereocenters. The van der Waals surface area contributed by atoms with Gasteiger partial charge in [0.15, 0.2) is 0 Å². The number of carbonyl (C=O) groups excluding carboxylic acids is 1. The Morgan fingerprint density at radius 1 is 1.00 bits per heavy atom. The molecule has 1 atom stereocenters. The van der Waals surface area contributed by atoms with Crippen molar-refractivity contribution in [2.24, 2.45) is 0 Å². The van der Waals surface area contributed by atoms with Crippen molar-refractivity contribution in [3.63, 3.8) is 0 Å². The van der Waals surface area contributed by atoms with Crippen molar-refractivity contribution in [2.45, 2.75) is 26.4 Å². The monoisotopic (exact) mass is 485 g/mol. The Kier molecular flexibility index (Phi) is 6.55. The molecule has 1 saturated heterocycles. The van der Waals surface area contributed by atoms with Gasteiger partial charge in [-0.15, -0.1) is 0 Å². The van der Waals surface area contributed by atoms with Crippen molar-refractivity contribution < 1.29 is 4.79 Å². The van der Waals surface area contributed by atoms with E-state index in [4.69, 9.17) is 16.6 Å². The second kappa shape index (κ2) is 9.92. The Bertz CT molecular complexity index is 1360. The summed E-state index contributed by atoms with van der Waals surface area (Å²) < 4.78 is 0. The van der Waals surface area contributed by atoms with E-state index in [9.17, 15) is 4.79 Å². The highest BCUT2D eigenvalue weighted by Gasteiger charge is 2.25. The summed E-state index contributed by atoms with van der Waals surface area (Å²) in [5.41, 5.74) is 5.33. The van der Waals surface area contributed by atoms with E-state index in [0.717, 1.165) is 36.5 Å². The lowest BCUT2D eigenvalue weighted by Gasteiger charge is -2.41.